The van der Waals surface area contributed by atoms with E-state index in [1.807, 2.05) is 194 Å². The molecule has 0 saturated carbocycles. The van der Waals surface area contributed by atoms with E-state index in [0.29, 0.717) is 40.9 Å². The number of hydrogen-bond acceptors (Lipinski definition) is 12. The fourth-order valence-corrected chi connectivity index (χ4v) is 11.6. The molecule has 442 valence electrons. The molecule has 0 radical (unpaired) electrons. The Morgan fingerprint density at radius 1 is 0.304 bits per heavy atom. The van der Waals surface area contributed by atoms with Crippen molar-refractivity contribution in [3.05, 3.63) is 272 Å². The van der Waals surface area contributed by atoms with Crippen LogP contribution in [0.15, 0.2) is 276 Å². The molecule has 0 bridgehead atoms. The van der Waals surface area contributed by atoms with Gasteiger partial charge in [-0.3, -0.25) is 0 Å². The van der Waals surface area contributed by atoms with Crippen LogP contribution < -0.4 is 5.46 Å². The van der Waals surface area contributed by atoms with Crippen LogP contribution in [0, 0.1) is 0 Å². The highest BCUT2D eigenvalue weighted by molar-refractivity contribution is 6.62. The Labute approximate surface area is 535 Å². The van der Waals surface area contributed by atoms with Gasteiger partial charge >= 0.3 is 7.12 Å². The van der Waals surface area contributed by atoms with Gasteiger partial charge in [-0.05, 0) is 120 Å². The van der Waals surface area contributed by atoms with Crippen LogP contribution >= 0.6 is 11.6 Å². The fraction of sp³-hybridized carbons (Fsp3) is 0.0769. The van der Waals surface area contributed by atoms with E-state index in [0.717, 1.165) is 110 Å². The van der Waals surface area contributed by atoms with E-state index in [1.165, 1.54) is 0 Å². The first-order chi connectivity index (χ1) is 44.9. The van der Waals surface area contributed by atoms with Crippen LogP contribution in [0.25, 0.3) is 145 Å². The van der Waals surface area contributed by atoms with Crippen molar-refractivity contribution < 1.29 is 18.1 Å². The molecule has 5 heterocycles. The average molecular weight is 1220 g/mol. The van der Waals surface area contributed by atoms with Gasteiger partial charge in [0.15, 0.2) is 40.3 Å². The summed E-state index contributed by atoms with van der Waals surface area (Å²) in [5, 5.41) is 8.91. The normalized spacial score (nSPS) is 13.3. The first kappa shape index (κ1) is 57.4. The summed E-state index contributed by atoms with van der Waals surface area (Å²) in [4.78, 5) is 37.1. The lowest BCUT2D eigenvalue weighted by Gasteiger charge is -2.32. The lowest BCUT2D eigenvalue weighted by molar-refractivity contribution is 0.00578. The van der Waals surface area contributed by atoms with E-state index < -0.39 is 7.12 Å². The quantitative estimate of drug-likeness (QED) is 0.105. The van der Waals surface area contributed by atoms with Gasteiger partial charge in [-0.1, -0.05) is 224 Å². The molecule has 16 aromatic rings. The molecular formula is C78H56BClN8O4. The van der Waals surface area contributed by atoms with Gasteiger partial charge in [0.2, 0.25) is 17.1 Å². The number of fused-ring (bicyclic) bond motifs is 10. The minimum absolute atomic E-state index is 0.202. The third-order valence-corrected chi connectivity index (χ3v) is 17.1. The Morgan fingerprint density at radius 3 is 1.02 bits per heavy atom. The maximum absolute atomic E-state index is 6.42. The van der Waals surface area contributed by atoms with Crippen LogP contribution in [-0.2, 0) is 9.31 Å². The van der Waals surface area contributed by atoms with Gasteiger partial charge in [0, 0.05) is 49.7 Å². The minimum atomic E-state index is -0.409. The molecular weight excluding hydrogens is 1160 g/mol. The van der Waals surface area contributed by atoms with Gasteiger partial charge in [0.1, 0.15) is 11.0 Å². The minimum Gasteiger partial charge on any atom is -0.435 e. The maximum atomic E-state index is 6.42. The monoisotopic (exact) mass is 1210 g/mol. The van der Waals surface area contributed by atoms with Gasteiger partial charge in [-0.2, -0.15) is 9.97 Å². The zero-order chi connectivity index (χ0) is 62.3. The van der Waals surface area contributed by atoms with Crippen LogP contribution in [0.4, 0.5) is 0 Å². The lowest BCUT2D eigenvalue weighted by atomic mass is 9.78. The standard InChI is InChI=1S/C36H22N4O.C27H24BNO3.C15H10ClN3/c1-4-10-25(11-5-1)33-38-34(26-12-6-2-7-13-26)40-35(39-33)28-19-17-23-16-18-24-20-21-30-32(31(24)29(23)22-28)41-36(37-30)27-14-8-3-9-15-27;1-26(2)27(3,4)32-28(31-26)20-14-12-17-10-11-18-13-15-22-24(23(18)21(17)16-20)30-25(29-22)19-8-6-5-7-9-19;16-15-18-13(11-7-3-1-4-8-11)17-14(19-15)12-9-5-2-6-10-12/h1-22H;5-16H,1-4H3;1-10H. The SMILES string of the molecule is CC1(C)OB(c2ccc3ccc4ccc5nc(-c6ccccc6)oc5c4c3c2)OC1(C)C.Clc1nc(-c2ccccc2)nc(-c2ccccc2)n1.c1ccc(-c2nc(-c3ccccc3)nc(-c3ccc4ccc5ccc6nc(-c7ccccc7)oc6c5c4c3)n2)cc1. The number of benzene rings is 12. The molecule has 1 saturated heterocycles. The first-order valence-electron chi connectivity index (χ1n) is 30.3. The van der Waals surface area contributed by atoms with Crippen LogP contribution in [0.5, 0.6) is 0 Å². The van der Waals surface area contributed by atoms with Gasteiger partial charge < -0.3 is 18.1 Å². The largest absolute Gasteiger partial charge is 0.494 e. The Balaban J connectivity index is 0.000000122. The summed E-state index contributed by atoms with van der Waals surface area (Å²) < 4.78 is 25.4. The smallest absolute Gasteiger partial charge is 0.435 e. The average Bonchev–Trinajstić information content (AvgIpc) is 1.69. The van der Waals surface area contributed by atoms with Gasteiger partial charge in [0.05, 0.1) is 11.2 Å². The topological polar surface area (TPSA) is 148 Å². The highest BCUT2D eigenvalue weighted by Crippen LogP contribution is 2.40. The van der Waals surface area contributed by atoms with E-state index in [1.54, 1.807) is 0 Å². The molecule has 12 aromatic carbocycles. The second-order valence-corrected chi connectivity index (χ2v) is 23.8. The molecule has 0 N–H and O–H groups in total. The van der Waals surface area contributed by atoms with Crippen molar-refractivity contribution in [2.24, 2.45) is 0 Å². The summed E-state index contributed by atoms with van der Waals surface area (Å²) in [5.74, 6) is 4.30. The van der Waals surface area contributed by atoms with Crippen molar-refractivity contribution in [1.82, 2.24) is 39.9 Å². The van der Waals surface area contributed by atoms with Crippen molar-refractivity contribution in [2.45, 2.75) is 38.9 Å². The molecule has 0 aliphatic carbocycles. The van der Waals surface area contributed by atoms with Crippen molar-refractivity contribution in [1.29, 1.82) is 0 Å². The highest BCUT2D eigenvalue weighted by Gasteiger charge is 2.51. The Morgan fingerprint density at radius 2 is 0.620 bits per heavy atom. The number of hydrogen-bond donors (Lipinski definition) is 0. The van der Waals surface area contributed by atoms with Crippen molar-refractivity contribution in [3.63, 3.8) is 0 Å². The highest BCUT2D eigenvalue weighted by atomic mass is 35.5. The molecule has 0 atom stereocenters. The number of rotatable bonds is 8. The molecule has 0 spiro atoms. The zero-order valence-corrected chi connectivity index (χ0v) is 51.3. The van der Waals surface area contributed by atoms with Crippen molar-refractivity contribution in [3.8, 4) is 79.8 Å². The molecule has 1 aliphatic heterocycles. The molecule has 1 fully saturated rings. The Bertz CT molecular complexity index is 5240. The predicted molar refractivity (Wildman–Crippen MR) is 370 cm³/mol. The summed E-state index contributed by atoms with van der Waals surface area (Å²) in [6.45, 7) is 8.30. The first-order valence-corrected chi connectivity index (χ1v) is 30.7. The van der Waals surface area contributed by atoms with E-state index in [4.69, 9.17) is 54.7 Å². The molecule has 12 nitrogen and oxygen atoms in total. The molecule has 14 heteroatoms. The van der Waals surface area contributed by atoms with Gasteiger partial charge in [0.25, 0.3) is 0 Å². The second-order valence-electron chi connectivity index (χ2n) is 23.5. The van der Waals surface area contributed by atoms with Crippen molar-refractivity contribution in [2.75, 3.05) is 0 Å². The fourth-order valence-electron chi connectivity index (χ4n) is 11.5. The second kappa shape index (κ2) is 24.0. The number of nitrogens with zero attached hydrogens (tertiary/aromatic N) is 8. The van der Waals surface area contributed by atoms with E-state index in [2.05, 4.69) is 115 Å². The maximum Gasteiger partial charge on any atom is 0.494 e. The van der Waals surface area contributed by atoms with E-state index in [-0.39, 0.29) is 16.5 Å². The van der Waals surface area contributed by atoms with Gasteiger partial charge in [-0.15, -0.1) is 0 Å². The molecule has 4 aromatic heterocycles. The summed E-state index contributed by atoms with van der Waals surface area (Å²) in [6, 6.07) is 89.0. The lowest BCUT2D eigenvalue weighted by Crippen LogP contribution is -2.41. The summed E-state index contributed by atoms with van der Waals surface area (Å²) in [5.41, 5.74) is 10.0. The molecule has 92 heavy (non-hydrogen) atoms. The van der Waals surface area contributed by atoms with E-state index >= 15 is 0 Å². The summed E-state index contributed by atoms with van der Waals surface area (Å²) >= 11 is 5.99. The predicted octanol–water partition coefficient (Wildman–Crippen LogP) is 18.9. The van der Waals surface area contributed by atoms with Crippen molar-refractivity contribution >= 4 is 89.5 Å². The van der Waals surface area contributed by atoms with Crippen LogP contribution in [0.1, 0.15) is 27.7 Å². The molecule has 0 unspecified atom stereocenters. The van der Waals surface area contributed by atoms with Crippen LogP contribution in [-0.4, -0.2) is 58.2 Å². The number of aromatic nitrogens is 8. The molecule has 0 amide bonds. The van der Waals surface area contributed by atoms with Gasteiger partial charge in [-0.25, -0.2) is 29.9 Å². The van der Waals surface area contributed by atoms with E-state index in [9.17, 15) is 0 Å². The third-order valence-electron chi connectivity index (χ3n) is 16.9. The van der Waals surface area contributed by atoms with Crippen LogP contribution in [0.2, 0.25) is 5.28 Å². The summed E-state index contributed by atoms with van der Waals surface area (Å²) in [7, 11) is -0.409. The number of oxazole rings is 2. The molecule has 1 aliphatic rings. The molecule has 17 rings (SSSR count). The third kappa shape index (κ3) is 11.3. The number of halogens is 1. The summed E-state index contributed by atoms with van der Waals surface area (Å²) in [6.07, 6.45) is 0. The Kier molecular flexibility index (Phi) is 15.0. The zero-order valence-electron chi connectivity index (χ0n) is 50.6. The van der Waals surface area contributed by atoms with Crippen LogP contribution in [0.3, 0.4) is 0 Å². The Hall–Kier alpha value is -11.1.